The minimum absolute atomic E-state index is 0.00113. The Bertz CT molecular complexity index is 822. The van der Waals surface area contributed by atoms with Gasteiger partial charge in [0, 0.05) is 15.6 Å². The van der Waals surface area contributed by atoms with Crippen LogP contribution in [0.25, 0.3) is 0 Å². The van der Waals surface area contributed by atoms with Crippen LogP contribution in [0, 0.1) is 5.92 Å². The van der Waals surface area contributed by atoms with Gasteiger partial charge in [-0.1, -0.05) is 43.1 Å². The molecule has 2 aromatic rings. The van der Waals surface area contributed by atoms with E-state index in [1.54, 1.807) is 18.2 Å². The van der Waals surface area contributed by atoms with Crippen molar-refractivity contribution >= 4 is 41.1 Å². The summed E-state index contributed by atoms with van der Waals surface area (Å²) in [7, 11) is 0. The van der Waals surface area contributed by atoms with Crippen LogP contribution in [0.2, 0.25) is 10.0 Å². The predicted molar refractivity (Wildman–Crippen MR) is 97.5 cm³/mol. The van der Waals surface area contributed by atoms with Crippen molar-refractivity contribution < 1.29 is 14.3 Å². The van der Waals surface area contributed by atoms with Crippen LogP contribution < -0.4 is 15.0 Å². The highest BCUT2D eigenvalue weighted by atomic mass is 35.5. The molecule has 3 amide bonds. The summed E-state index contributed by atoms with van der Waals surface area (Å²) in [4.78, 5) is 33.4. The van der Waals surface area contributed by atoms with Gasteiger partial charge in [0.05, 0.1) is 12.4 Å². The molecule has 1 aromatic carbocycles. The van der Waals surface area contributed by atoms with Gasteiger partial charge in [0.2, 0.25) is 5.95 Å². The van der Waals surface area contributed by atoms with E-state index in [1.807, 2.05) is 13.8 Å². The molecule has 1 atom stereocenters. The summed E-state index contributed by atoms with van der Waals surface area (Å²) in [6, 6.07) is 4.06. The summed E-state index contributed by atoms with van der Waals surface area (Å²) in [5.74, 6) is -0.0445. The highest BCUT2D eigenvalue weighted by Crippen LogP contribution is 2.26. The second-order valence-electron chi connectivity index (χ2n) is 6.05. The molecular formula is C17H16Cl2N4O3. The Balaban J connectivity index is 1.71. The van der Waals surface area contributed by atoms with E-state index in [4.69, 9.17) is 27.9 Å². The SMILES string of the molecule is CC(C)C1NC(=O)N(c2ncc(OCc3c(Cl)cccc3Cl)cn2)C1=O. The van der Waals surface area contributed by atoms with Gasteiger partial charge in [-0.15, -0.1) is 0 Å². The molecule has 0 saturated carbocycles. The average Bonchev–Trinajstić information content (AvgIpc) is 2.90. The Morgan fingerprint density at radius 3 is 2.35 bits per heavy atom. The van der Waals surface area contributed by atoms with Gasteiger partial charge in [0.25, 0.3) is 5.91 Å². The summed E-state index contributed by atoms with van der Waals surface area (Å²) >= 11 is 12.2. The number of rotatable bonds is 5. The van der Waals surface area contributed by atoms with Crippen molar-refractivity contribution in [3.63, 3.8) is 0 Å². The molecule has 0 aliphatic carbocycles. The second-order valence-corrected chi connectivity index (χ2v) is 6.87. The Morgan fingerprint density at radius 1 is 1.19 bits per heavy atom. The smallest absolute Gasteiger partial charge is 0.331 e. The molecule has 1 aliphatic rings. The number of benzene rings is 1. The van der Waals surface area contributed by atoms with Crippen molar-refractivity contribution in [3.05, 3.63) is 46.2 Å². The maximum Gasteiger partial charge on any atom is 0.331 e. The van der Waals surface area contributed by atoms with Crippen molar-refractivity contribution in [2.45, 2.75) is 26.5 Å². The number of carbonyl (C=O) groups excluding carboxylic acids is 2. The van der Waals surface area contributed by atoms with E-state index < -0.39 is 12.1 Å². The lowest BCUT2D eigenvalue weighted by Gasteiger charge is -2.13. The van der Waals surface area contributed by atoms with Crippen LogP contribution in [0.15, 0.2) is 30.6 Å². The number of hydrogen-bond acceptors (Lipinski definition) is 5. The van der Waals surface area contributed by atoms with E-state index in [1.165, 1.54) is 12.4 Å². The van der Waals surface area contributed by atoms with E-state index in [0.717, 1.165) is 4.90 Å². The van der Waals surface area contributed by atoms with Crippen molar-refractivity contribution in [3.8, 4) is 5.75 Å². The first-order valence-electron chi connectivity index (χ1n) is 7.90. The second kappa shape index (κ2) is 7.47. The third-order valence-corrected chi connectivity index (χ3v) is 4.60. The third-order valence-electron chi connectivity index (χ3n) is 3.89. The number of halogens is 2. The summed E-state index contributed by atoms with van der Waals surface area (Å²) in [5.41, 5.74) is 0.647. The lowest BCUT2D eigenvalue weighted by Crippen LogP contribution is -2.35. The lowest BCUT2D eigenvalue weighted by atomic mass is 10.1. The van der Waals surface area contributed by atoms with E-state index in [2.05, 4.69) is 15.3 Å². The number of carbonyl (C=O) groups is 2. The molecular weight excluding hydrogens is 379 g/mol. The summed E-state index contributed by atoms with van der Waals surface area (Å²) in [5, 5.41) is 3.61. The van der Waals surface area contributed by atoms with Crippen LogP contribution in [0.3, 0.4) is 0 Å². The van der Waals surface area contributed by atoms with Gasteiger partial charge in [-0.05, 0) is 18.1 Å². The van der Waals surface area contributed by atoms with Gasteiger partial charge in [-0.3, -0.25) is 4.79 Å². The molecule has 7 nitrogen and oxygen atoms in total. The number of nitrogens with one attached hydrogen (secondary N) is 1. The molecule has 0 radical (unpaired) electrons. The van der Waals surface area contributed by atoms with Crippen molar-refractivity contribution in [1.29, 1.82) is 0 Å². The number of hydrogen-bond donors (Lipinski definition) is 1. The number of imide groups is 1. The number of anilines is 1. The topological polar surface area (TPSA) is 84.4 Å². The van der Waals surface area contributed by atoms with Crippen molar-refractivity contribution in [1.82, 2.24) is 15.3 Å². The average molecular weight is 395 g/mol. The molecule has 1 unspecified atom stereocenters. The molecule has 0 bridgehead atoms. The Morgan fingerprint density at radius 2 is 1.81 bits per heavy atom. The summed E-state index contributed by atoms with van der Waals surface area (Å²) in [6.07, 6.45) is 2.77. The van der Waals surface area contributed by atoms with Crippen molar-refractivity contribution in [2.75, 3.05) is 4.90 Å². The molecule has 1 saturated heterocycles. The lowest BCUT2D eigenvalue weighted by molar-refractivity contribution is -0.119. The molecule has 3 rings (SSSR count). The fourth-order valence-electron chi connectivity index (χ4n) is 2.46. The maximum absolute atomic E-state index is 12.3. The van der Waals surface area contributed by atoms with E-state index in [-0.39, 0.29) is 24.4 Å². The van der Waals surface area contributed by atoms with Gasteiger partial charge in [-0.2, -0.15) is 4.90 Å². The number of ether oxygens (including phenoxy) is 1. The zero-order valence-electron chi connectivity index (χ0n) is 14.1. The van der Waals surface area contributed by atoms with Crippen LogP contribution in [-0.2, 0) is 11.4 Å². The molecule has 26 heavy (non-hydrogen) atoms. The van der Waals surface area contributed by atoms with Crippen LogP contribution in [0.5, 0.6) is 5.75 Å². The highest BCUT2D eigenvalue weighted by Gasteiger charge is 2.41. The normalized spacial score (nSPS) is 17.0. The number of amides is 3. The van der Waals surface area contributed by atoms with Crippen LogP contribution in [0.4, 0.5) is 10.7 Å². The fourth-order valence-corrected chi connectivity index (χ4v) is 2.97. The number of urea groups is 1. The summed E-state index contributed by atoms with van der Waals surface area (Å²) < 4.78 is 5.59. The molecule has 0 spiro atoms. The van der Waals surface area contributed by atoms with Crippen molar-refractivity contribution in [2.24, 2.45) is 5.92 Å². The van der Waals surface area contributed by atoms with Crippen LogP contribution in [0.1, 0.15) is 19.4 Å². The minimum atomic E-state index is -0.579. The molecule has 1 aromatic heterocycles. The third kappa shape index (κ3) is 3.59. The largest absolute Gasteiger partial charge is 0.486 e. The standard InChI is InChI=1S/C17H16Cl2N4O3/c1-9(2)14-15(24)23(17(25)22-14)16-20-6-10(7-21-16)26-8-11-12(18)4-3-5-13(11)19/h3-7,9,14H,8H2,1-2H3,(H,22,25). The van der Waals surface area contributed by atoms with Gasteiger partial charge in [-0.25, -0.2) is 14.8 Å². The first-order chi connectivity index (χ1) is 12.4. The fraction of sp³-hybridized carbons (Fsp3) is 0.294. The minimum Gasteiger partial charge on any atom is -0.486 e. The maximum atomic E-state index is 12.3. The van der Waals surface area contributed by atoms with E-state index in [9.17, 15) is 9.59 Å². The van der Waals surface area contributed by atoms with Crippen LogP contribution >= 0.6 is 23.2 Å². The number of aromatic nitrogens is 2. The highest BCUT2D eigenvalue weighted by molar-refractivity contribution is 6.35. The molecule has 1 N–H and O–H groups in total. The van der Waals surface area contributed by atoms with Gasteiger partial charge in [0.15, 0.2) is 5.75 Å². The monoisotopic (exact) mass is 394 g/mol. The first kappa shape index (κ1) is 18.4. The predicted octanol–water partition coefficient (Wildman–Crippen LogP) is 3.44. The Kier molecular flexibility index (Phi) is 5.29. The zero-order chi connectivity index (χ0) is 18.8. The quantitative estimate of drug-likeness (QED) is 0.784. The van der Waals surface area contributed by atoms with Crippen LogP contribution in [-0.4, -0.2) is 27.9 Å². The summed E-state index contributed by atoms with van der Waals surface area (Å²) in [6.45, 7) is 3.84. The molecule has 1 aliphatic heterocycles. The Labute approximate surface area is 160 Å². The zero-order valence-corrected chi connectivity index (χ0v) is 15.6. The van der Waals surface area contributed by atoms with E-state index in [0.29, 0.717) is 21.4 Å². The van der Waals surface area contributed by atoms with E-state index >= 15 is 0 Å². The first-order valence-corrected chi connectivity index (χ1v) is 8.66. The van der Waals surface area contributed by atoms with Gasteiger partial charge < -0.3 is 10.1 Å². The molecule has 136 valence electrons. The molecule has 2 heterocycles. The number of nitrogens with zero attached hydrogens (tertiary/aromatic N) is 3. The Hall–Kier alpha value is -2.38. The van der Waals surface area contributed by atoms with Gasteiger partial charge in [0.1, 0.15) is 12.6 Å². The van der Waals surface area contributed by atoms with Gasteiger partial charge >= 0.3 is 6.03 Å². The molecule has 9 heteroatoms. The molecule has 1 fully saturated rings.